The molecule has 2 aromatic carbocycles. The number of amides is 1. The molecule has 1 N–H and O–H groups in total. The van der Waals surface area contributed by atoms with Crippen molar-refractivity contribution < 1.29 is 23.3 Å². The van der Waals surface area contributed by atoms with E-state index >= 15 is 0 Å². The minimum atomic E-state index is -2.98. The fraction of sp³-hybridized carbons (Fsp3) is 0.564. The van der Waals surface area contributed by atoms with Gasteiger partial charge in [-0.1, -0.05) is 36.7 Å². The Hall–Kier alpha value is -2.81. The van der Waals surface area contributed by atoms with Gasteiger partial charge in [-0.2, -0.15) is 0 Å². The van der Waals surface area contributed by atoms with E-state index in [0.717, 1.165) is 74.5 Å². The lowest BCUT2D eigenvalue weighted by molar-refractivity contribution is -0.132. The molecule has 2 fully saturated rings. The van der Waals surface area contributed by atoms with E-state index in [2.05, 4.69) is 39.8 Å². The highest BCUT2D eigenvalue weighted by molar-refractivity contribution is 7.99. The number of hydrogen-bond acceptors (Lipinski definition) is 6. The first-order valence-corrected chi connectivity index (χ1v) is 19.8. The molecule has 9 heteroatoms. The van der Waals surface area contributed by atoms with E-state index in [0.29, 0.717) is 30.8 Å². The van der Waals surface area contributed by atoms with E-state index in [1.807, 2.05) is 32.0 Å². The minimum Gasteiger partial charge on any atom is -0.490 e. The van der Waals surface area contributed by atoms with Crippen LogP contribution in [0, 0.1) is 23.7 Å². The number of nitrogens with one attached hydrogen (secondary N) is 1. The lowest BCUT2D eigenvalue weighted by atomic mass is 9.62. The largest absolute Gasteiger partial charge is 0.490 e. The van der Waals surface area contributed by atoms with Crippen LogP contribution in [0.2, 0.25) is 5.02 Å². The number of methoxy groups -OCH3 is 1. The van der Waals surface area contributed by atoms with Crippen LogP contribution in [0.15, 0.2) is 48.6 Å². The summed E-state index contributed by atoms with van der Waals surface area (Å²) in [4.78, 5) is 29.6. The van der Waals surface area contributed by atoms with Crippen LogP contribution in [0.5, 0.6) is 5.75 Å². The van der Waals surface area contributed by atoms with E-state index in [1.54, 1.807) is 13.2 Å². The zero-order valence-corrected chi connectivity index (χ0v) is 30.0. The molecule has 7 nitrogen and oxygen atoms in total. The highest BCUT2D eigenvalue weighted by atomic mass is 35.5. The number of nitrogens with zero attached hydrogens (tertiary/aromatic N) is 1. The van der Waals surface area contributed by atoms with Crippen molar-refractivity contribution in [1.29, 1.82) is 0 Å². The van der Waals surface area contributed by atoms with Gasteiger partial charge < -0.3 is 14.4 Å². The molecule has 3 aliphatic carbocycles. The van der Waals surface area contributed by atoms with Crippen LogP contribution in [0.3, 0.4) is 0 Å². The lowest BCUT2D eigenvalue weighted by Crippen LogP contribution is -2.53. The molecule has 7 rings (SSSR count). The van der Waals surface area contributed by atoms with Gasteiger partial charge in [0.25, 0.3) is 5.91 Å². The predicted molar refractivity (Wildman–Crippen MR) is 194 cm³/mol. The molecule has 2 bridgehead atoms. The Morgan fingerprint density at radius 1 is 1.17 bits per heavy atom. The fourth-order valence-corrected chi connectivity index (χ4v) is 10.4. The van der Waals surface area contributed by atoms with Crippen LogP contribution in [-0.4, -0.2) is 59.4 Å². The van der Waals surface area contributed by atoms with Crippen molar-refractivity contribution in [3.8, 4) is 5.75 Å². The average molecular weight is 693 g/mol. The monoisotopic (exact) mass is 692 g/mol. The van der Waals surface area contributed by atoms with Gasteiger partial charge in [0.1, 0.15) is 11.5 Å². The molecule has 5 aliphatic rings. The van der Waals surface area contributed by atoms with Crippen molar-refractivity contribution in [2.75, 3.05) is 31.7 Å². The topological polar surface area (TPSA) is 84.9 Å². The third kappa shape index (κ3) is 6.22. The molecule has 48 heavy (non-hydrogen) atoms. The number of carbonyl (C=O) groups excluding carboxylic acids is 2. The van der Waals surface area contributed by atoms with Crippen molar-refractivity contribution in [2.24, 2.45) is 23.7 Å². The second-order valence-corrected chi connectivity index (χ2v) is 18.1. The Labute approximate surface area is 290 Å². The smallest absolute Gasteiger partial charge is 0.262 e. The van der Waals surface area contributed by atoms with Gasteiger partial charge in [0.15, 0.2) is 0 Å². The van der Waals surface area contributed by atoms with Crippen LogP contribution < -0.4 is 14.4 Å². The Kier molecular flexibility index (Phi) is 8.99. The van der Waals surface area contributed by atoms with Crippen molar-refractivity contribution in [3.63, 3.8) is 0 Å². The Morgan fingerprint density at radius 2 is 1.98 bits per heavy atom. The third-order valence-corrected chi connectivity index (χ3v) is 14.7. The summed E-state index contributed by atoms with van der Waals surface area (Å²) in [5.41, 5.74) is 2.89. The summed E-state index contributed by atoms with van der Waals surface area (Å²) in [6.45, 7) is 5.91. The number of rotatable bonds is 4. The van der Waals surface area contributed by atoms with Crippen molar-refractivity contribution in [3.05, 3.63) is 70.3 Å². The first-order valence-electron chi connectivity index (χ1n) is 17.7. The molecule has 7 atom stereocenters. The van der Waals surface area contributed by atoms with Gasteiger partial charge in [0.05, 0.1) is 27.6 Å². The molecule has 2 saturated carbocycles. The fourth-order valence-electron chi connectivity index (χ4n) is 8.75. The van der Waals surface area contributed by atoms with E-state index in [1.165, 1.54) is 11.1 Å². The molecule has 0 aromatic heterocycles. The molecular weight excluding hydrogens is 644 g/mol. The summed E-state index contributed by atoms with van der Waals surface area (Å²) < 4.78 is 29.8. The molecule has 2 aliphatic heterocycles. The van der Waals surface area contributed by atoms with Crippen LogP contribution in [0.4, 0.5) is 5.69 Å². The van der Waals surface area contributed by atoms with E-state index in [-0.39, 0.29) is 34.3 Å². The summed E-state index contributed by atoms with van der Waals surface area (Å²) in [5, 5.41) is 0.373. The molecule has 1 unspecified atom stereocenters. The first kappa shape index (κ1) is 33.7. The number of halogens is 1. The zero-order chi connectivity index (χ0) is 33.8. The summed E-state index contributed by atoms with van der Waals surface area (Å²) >= 11 is 6.47. The predicted octanol–water partition coefficient (Wildman–Crippen LogP) is 6.94. The molecular formula is C39H49ClN2O5S. The van der Waals surface area contributed by atoms with Gasteiger partial charge in [-0.25, -0.2) is 4.21 Å². The van der Waals surface area contributed by atoms with Crippen LogP contribution in [-0.2, 0) is 31.1 Å². The Balaban J connectivity index is 1.33. The summed E-state index contributed by atoms with van der Waals surface area (Å²) in [6, 6.07) is 11.8. The average Bonchev–Trinajstić information content (AvgIpc) is 3.91. The van der Waals surface area contributed by atoms with Gasteiger partial charge in [0, 0.05) is 53.8 Å². The van der Waals surface area contributed by atoms with Gasteiger partial charge in [0.2, 0.25) is 0 Å². The molecule has 0 saturated heterocycles. The van der Waals surface area contributed by atoms with Gasteiger partial charge in [-0.05, 0) is 123 Å². The van der Waals surface area contributed by atoms with Gasteiger partial charge >= 0.3 is 0 Å². The number of allylic oxidation sites excluding steroid dienone is 1. The number of carbonyl (C=O) groups is 2. The van der Waals surface area contributed by atoms with Crippen molar-refractivity contribution in [2.45, 2.75) is 87.9 Å². The maximum atomic E-state index is 13.9. The van der Waals surface area contributed by atoms with E-state index < -0.39 is 21.2 Å². The molecule has 258 valence electrons. The Bertz CT molecular complexity index is 1740. The molecule has 2 heterocycles. The maximum Gasteiger partial charge on any atom is 0.262 e. The zero-order valence-electron chi connectivity index (χ0n) is 28.5. The highest BCUT2D eigenvalue weighted by Crippen LogP contribution is 2.50. The number of hydrogen-bond donors (Lipinski definition) is 1. The van der Waals surface area contributed by atoms with Gasteiger partial charge in [-0.3, -0.25) is 14.3 Å². The number of fused-ring (bicyclic) bond motifs is 4. The second-order valence-electron chi connectivity index (χ2n) is 15.3. The highest BCUT2D eigenvalue weighted by Gasteiger charge is 2.51. The summed E-state index contributed by atoms with van der Waals surface area (Å²) in [5.74, 6) is 5.21. The van der Waals surface area contributed by atoms with Crippen molar-refractivity contribution >= 4 is 44.6 Å². The second kappa shape index (κ2) is 12.8. The van der Waals surface area contributed by atoms with Crippen LogP contribution >= 0.6 is 11.6 Å². The minimum absolute atomic E-state index is 0.0225. The van der Waals surface area contributed by atoms with Gasteiger partial charge in [-0.15, -0.1) is 0 Å². The number of aryl methyl sites for hydroxylation is 1. The van der Waals surface area contributed by atoms with E-state index in [9.17, 15) is 13.8 Å². The lowest BCUT2D eigenvalue weighted by Gasteiger charge is -2.50. The van der Waals surface area contributed by atoms with E-state index in [4.69, 9.17) is 21.1 Å². The summed E-state index contributed by atoms with van der Waals surface area (Å²) in [7, 11) is -1.22. The molecule has 1 spiro atoms. The number of ketones is 1. The quantitative estimate of drug-likeness (QED) is 0.276. The van der Waals surface area contributed by atoms with Crippen LogP contribution in [0.1, 0.15) is 86.7 Å². The summed E-state index contributed by atoms with van der Waals surface area (Å²) in [6.07, 6.45) is 12.2. The molecule has 0 radical (unpaired) electrons. The molecule has 1 amide bonds. The van der Waals surface area contributed by atoms with Crippen LogP contribution in [0.25, 0.3) is 0 Å². The Morgan fingerprint density at radius 3 is 2.71 bits per heavy atom. The number of Topliss-reactive ketones (excluding diaryl/α,β-unsaturated/α-hetero) is 1. The molecule has 2 aromatic rings. The maximum absolute atomic E-state index is 13.9. The first-order chi connectivity index (χ1) is 22.9. The number of ether oxygens (including phenoxy) is 2. The third-order valence-electron chi connectivity index (χ3n) is 12.2. The SMILES string of the molecule is C=S1(=O)NC(=O)c2ccc3c(c2)N(C[C@@H]2CC[C@H]2[C@@](CC(=O)C2CC2)(OC)/C=C/C[C@H](C)[C@H]1C)C[C@@]1(CCCc2cc(Cl)ccc21)CO3. The number of anilines is 1. The normalized spacial score (nSPS) is 35.7. The number of benzene rings is 2. The van der Waals surface area contributed by atoms with Crippen molar-refractivity contribution in [1.82, 2.24) is 4.72 Å². The standard InChI is InChI=1S/C39H49ClN2O5S/c1-25-7-5-18-39(46-3,21-35(43)27-9-10-27)33-14-11-30(33)22-42-23-38(17-6-8-28-19-31(40)13-15-32(28)38)24-47-36-16-12-29(20-34(36)42)37(44)41-48(4,45)26(25)2/h5,12-13,15-16,18-20,25-27,30,33H,4,6-11,14,17,21-24H2,1-3H3,(H,41,44,45)/b18-5+/t25-,26+,30-,33+,38-,39+,48?/m0/s1.